The van der Waals surface area contributed by atoms with Gasteiger partial charge in [0.25, 0.3) is 0 Å². The number of hydrogen-bond donors (Lipinski definition) is 0. The average molecular weight is 151 g/mol. The zero-order valence-electron chi connectivity index (χ0n) is 7.00. The molecule has 1 aromatic heterocycles. The van der Waals surface area contributed by atoms with Crippen LogP contribution in [0.2, 0.25) is 0 Å². The molecule has 2 nitrogen and oxygen atoms in total. The van der Waals surface area contributed by atoms with Crippen LogP contribution in [0.25, 0.3) is 6.08 Å². The lowest BCUT2D eigenvalue weighted by atomic mass is 10.4. The number of hydrogen-bond acceptors (Lipinski definition) is 2. The summed E-state index contributed by atoms with van der Waals surface area (Å²) in [5.74, 6) is 1.66. The maximum absolute atomic E-state index is 5.34. The van der Waals surface area contributed by atoms with Gasteiger partial charge in [-0.1, -0.05) is 19.9 Å². The monoisotopic (exact) mass is 151 g/mol. The zero-order valence-corrected chi connectivity index (χ0v) is 7.00. The normalized spacial score (nSPS) is 11.1. The van der Waals surface area contributed by atoms with E-state index in [0.717, 1.165) is 18.6 Å². The van der Waals surface area contributed by atoms with E-state index in [-0.39, 0.29) is 0 Å². The van der Waals surface area contributed by atoms with Crippen molar-refractivity contribution < 1.29 is 4.42 Å². The van der Waals surface area contributed by atoms with Crippen molar-refractivity contribution >= 4 is 6.08 Å². The van der Waals surface area contributed by atoms with Crippen molar-refractivity contribution in [3.8, 4) is 0 Å². The van der Waals surface area contributed by atoms with E-state index in [1.165, 1.54) is 0 Å². The standard InChI is InChI=1S/C9H13NO/c1-3-5-6-9-10-7-8(4-2)11-9/h5-7H,3-4H2,1-2H3/b6-5+. The Balaban J connectivity index is 2.65. The Hall–Kier alpha value is -1.05. The second-order valence-electron chi connectivity index (χ2n) is 2.33. The molecule has 0 unspecified atom stereocenters. The smallest absolute Gasteiger partial charge is 0.218 e. The zero-order chi connectivity index (χ0) is 8.10. The van der Waals surface area contributed by atoms with Crippen LogP contribution < -0.4 is 0 Å². The van der Waals surface area contributed by atoms with Gasteiger partial charge in [0.15, 0.2) is 0 Å². The molecule has 0 aromatic carbocycles. The molecule has 0 saturated heterocycles. The van der Waals surface area contributed by atoms with Crippen molar-refractivity contribution in [2.24, 2.45) is 0 Å². The molecule has 1 aromatic rings. The van der Waals surface area contributed by atoms with Crippen LogP contribution in [0, 0.1) is 0 Å². The molecule has 0 aliphatic carbocycles. The first-order valence-electron chi connectivity index (χ1n) is 3.98. The highest BCUT2D eigenvalue weighted by atomic mass is 16.4. The fraction of sp³-hybridized carbons (Fsp3) is 0.444. The van der Waals surface area contributed by atoms with E-state index in [1.807, 2.05) is 19.1 Å². The second-order valence-corrected chi connectivity index (χ2v) is 2.33. The quantitative estimate of drug-likeness (QED) is 0.663. The maximum atomic E-state index is 5.34. The van der Waals surface area contributed by atoms with Crippen LogP contribution >= 0.6 is 0 Å². The average Bonchev–Trinajstić information content (AvgIpc) is 2.48. The van der Waals surface area contributed by atoms with Crippen molar-refractivity contribution in [3.63, 3.8) is 0 Å². The van der Waals surface area contributed by atoms with Crippen molar-refractivity contribution in [3.05, 3.63) is 23.9 Å². The molecular formula is C9H13NO. The van der Waals surface area contributed by atoms with Crippen LogP contribution in [0.15, 0.2) is 16.7 Å². The molecule has 0 fully saturated rings. The molecule has 0 aliphatic heterocycles. The third-order valence-electron chi connectivity index (χ3n) is 1.42. The molecule has 0 spiro atoms. The molecule has 0 N–H and O–H groups in total. The summed E-state index contributed by atoms with van der Waals surface area (Å²) in [6.07, 6.45) is 7.64. The van der Waals surface area contributed by atoms with Gasteiger partial charge in [-0.25, -0.2) is 4.98 Å². The van der Waals surface area contributed by atoms with Crippen LogP contribution in [0.1, 0.15) is 31.9 Å². The van der Waals surface area contributed by atoms with Crippen LogP contribution in [0.3, 0.4) is 0 Å². The summed E-state index contributed by atoms with van der Waals surface area (Å²) in [6, 6.07) is 0. The Morgan fingerprint density at radius 3 is 2.91 bits per heavy atom. The van der Waals surface area contributed by atoms with Gasteiger partial charge in [-0.3, -0.25) is 0 Å². The molecule has 0 bridgehead atoms. The molecule has 0 radical (unpaired) electrons. The van der Waals surface area contributed by atoms with Crippen LogP contribution in [-0.4, -0.2) is 4.98 Å². The minimum atomic E-state index is 0.712. The molecule has 0 saturated carbocycles. The molecule has 0 aliphatic rings. The van der Waals surface area contributed by atoms with Crippen molar-refractivity contribution in [1.82, 2.24) is 4.98 Å². The lowest BCUT2D eigenvalue weighted by Gasteiger charge is -1.83. The number of nitrogens with zero attached hydrogens (tertiary/aromatic N) is 1. The van der Waals surface area contributed by atoms with E-state index >= 15 is 0 Å². The Labute approximate surface area is 66.9 Å². The summed E-state index contributed by atoms with van der Waals surface area (Å²) < 4.78 is 5.34. The molecule has 1 heterocycles. The predicted molar refractivity (Wildman–Crippen MR) is 45.2 cm³/mol. The van der Waals surface area contributed by atoms with Gasteiger partial charge in [-0.2, -0.15) is 0 Å². The van der Waals surface area contributed by atoms with Gasteiger partial charge >= 0.3 is 0 Å². The summed E-state index contributed by atoms with van der Waals surface area (Å²) >= 11 is 0. The predicted octanol–water partition coefficient (Wildman–Crippen LogP) is 2.66. The molecule has 1 rings (SSSR count). The maximum Gasteiger partial charge on any atom is 0.218 e. The summed E-state index contributed by atoms with van der Waals surface area (Å²) in [4.78, 5) is 4.07. The first-order valence-corrected chi connectivity index (χ1v) is 3.98. The van der Waals surface area contributed by atoms with E-state index < -0.39 is 0 Å². The van der Waals surface area contributed by atoms with Gasteiger partial charge in [0.1, 0.15) is 5.76 Å². The van der Waals surface area contributed by atoms with Gasteiger partial charge in [0, 0.05) is 6.42 Å². The topological polar surface area (TPSA) is 26.0 Å². The van der Waals surface area contributed by atoms with E-state index in [2.05, 4.69) is 11.9 Å². The highest BCUT2D eigenvalue weighted by Gasteiger charge is 1.95. The Kier molecular flexibility index (Phi) is 2.90. The van der Waals surface area contributed by atoms with E-state index in [1.54, 1.807) is 6.20 Å². The largest absolute Gasteiger partial charge is 0.442 e. The molecule has 0 amide bonds. The summed E-state index contributed by atoms with van der Waals surface area (Å²) in [5.41, 5.74) is 0. The third-order valence-corrected chi connectivity index (χ3v) is 1.42. The van der Waals surface area contributed by atoms with Crippen molar-refractivity contribution in [1.29, 1.82) is 0 Å². The third kappa shape index (κ3) is 2.22. The Bertz CT molecular complexity index is 237. The van der Waals surface area contributed by atoms with Gasteiger partial charge < -0.3 is 4.42 Å². The highest BCUT2D eigenvalue weighted by Crippen LogP contribution is 2.05. The van der Waals surface area contributed by atoms with Gasteiger partial charge in [-0.05, 0) is 12.5 Å². The fourth-order valence-electron chi connectivity index (χ4n) is 0.782. The Morgan fingerprint density at radius 2 is 2.36 bits per heavy atom. The van der Waals surface area contributed by atoms with E-state index in [0.29, 0.717) is 5.89 Å². The molecule has 60 valence electrons. The molecule has 11 heavy (non-hydrogen) atoms. The van der Waals surface area contributed by atoms with Gasteiger partial charge in [-0.15, -0.1) is 0 Å². The fourth-order valence-corrected chi connectivity index (χ4v) is 0.782. The van der Waals surface area contributed by atoms with Crippen LogP contribution in [0.4, 0.5) is 0 Å². The lowest BCUT2D eigenvalue weighted by molar-refractivity contribution is 0.500. The van der Waals surface area contributed by atoms with E-state index in [4.69, 9.17) is 4.42 Å². The first kappa shape index (κ1) is 8.05. The molecular weight excluding hydrogens is 138 g/mol. The lowest BCUT2D eigenvalue weighted by Crippen LogP contribution is -1.68. The number of aryl methyl sites for hydroxylation is 1. The second kappa shape index (κ2) is 3.96. The van der Waals surface area contributed by atoms with E-state index in [9.17, 15) is 0 Å². The number of aromatic nitrogens is 1. The summed E-state index contributed by atoms with van der Waals surface area (Å²) in [5, 5.41) is 0. The highest BCUT2D eigenvalue weighted by molar-refractivity contribution is 5.37. The SMILES string of the molecule is CC/C=C/c1ncc(CC)o1. The van der Waals surface area contributed by atoms with Crippen molar-refractivity contribution in [2.45, 2.75) is 26.7 Å². The van der Waals surface area contributed by atoms with Crippen LogP contribution in [0.5, 0.6) is 0 Å². The summed E-state index contributed by atoms with van der Waals surface area (Å²) in [7, 11) is 0. The molecule has 2 heteroatoms. The number of rotatable bonds is 3. The van der Waals surface area contributed by atoms with Crippen LogP contribution in [-0.2, 0) is 6.42 Å². The van der Waals surface area contributed by atoms with Gasteiger partial charge in [0.2, 0.25) is 5.89 Å². The minimum Gasteiger partial charge on any atom is -0.442 e. The number of allylic oxidation sites excluding steroid dienone is 1. The van der Waals surface area contributed by atoms with Gasteiger partial charge in [0.05, 0.1) is 6.20 Å². The summed E-state index contributed by atoms with van der Waals surface area (Å²) in [6.45, 7) is 4.13. The van der Waals surface area contributed by atoms with Crippen molar-refractivity contribution in [2.75, 3.05) is 0 Å². The number of oxazole rings is 1. The molecule has 0 atom stereocenters. The minimum absolute atomic E-state index is 0.712. The first-order chi connectivity index (χ1) is 5.36. The Morgan fingerprint density at radius 1 is 1.55 bits per heavy atom.